The van der Waals surface area contributed by atoms with E-state index >= 15 is 0 Å². The molecule has 1 aliphatic rings. The zero-order chi connectivity index (χ0) is 22.9. The van der Waals surface area contributed by atoms with Gasteiger partial charge in [-0.3, -0.25) is 4.90 Å². The van der Waals surface area contributed by atoms with Crippen molar-refractivity contribution in [1.82, 2.24) is 4.90 Å². The zero-order valence-electron chi connectivity index (χ0n) is 20.7. The maximum absolute atomic E-state index is 12.2. The monoisotopic (exact) mass is 445 g/mol. The first kappa shape index (κ1) is 26.7. The number of unbranched alkanes of at least 4 members (excludes halogenated alkanes) is 13. The molecule has 0 unspecified atom stereocenters. The van der Waals surface area contributed by atoms with Gasteiger partial charge in [0.1, 0.15) is 6.61 Å². The third-order valence-electron chi connectivity index (χ3n) is 6.66. The van der Waals surface area contributed by atoms with Gasteiger partial charge in [-0.1, -0.05) is 121 Å². The summed E-state index contributed by atoms with van der Waals surface area (Å²) in [7, 11) is 0. The lowest BCUT2D eigenvalue weighted by atomic mass is 10.0. The van der Waals surface area contributed by atoms with Gasteiger partial charge in [0.15, 0.2) is 0 Å². The zero-order valence-corrected chi connectivity index (χ0v) is 20.7. The van der Waals surface area contributed by atoms with Gasteiger partial charge in [-0.25, -0.2) is 4.79 Å². The smallest absolute Gasteiger partial charge is 0.410 e. The number of hydrogen-bond donors (Lipinski definition) is 0. The molecule has 0 aliphatic carbocycles. The average molecular weight is 446 g/mol. The Morgan fingerprint density at radius 3 is 1.97 bits per heavy atom. The molecule has 1 aromatic carbocycles. The standard InChI is InChI=1S/C28H47NO3/c1-3-4-5-6-7-8-9-10-11-12-13-14-15-19-22-31-23-27-24-32-28(30)29(27)25(2)26-20-17-16-18-21-26/h16-18,20-21,25,27H,3-15,19,22-24H2,1-2H3/t25-,27-/m1/s1. The number of amides is 1. The van der Waals surface area contributed by atoms with Crippen molar-refractivity contribution in [1.29, 1.82) is 0 Å². The van der Waals surface area contributed by atoms with Crippen LogP contribution in [0.3, 0.4) is 0 Å². The van der Waals surface area contributed by atoms with E-state index in [0.717, 1.165) is 18.6 Å². The molecule has 1 aromatic rings. The first-order chi connectivity index (χ1) is 15.7. The molecule has 0 bridgehead atoms. The molecular formula is C28H47NO3. The fraction of sp³-hybridized carbons (Fsp3) is 0.750. The summed E-state index contributed by atoms with van der Waals surface area (Å²) < 4.78 is 11.2. The highest BCUT2D eigenvalue weighted by Crippen LogP contribution is 2.27. The highest BCUT2D eigenvalue weighted by Gasteiger charge is 2.36. The van der Waals surface area contributed by atoms with Gasteiger partial charge >= 0.3 is 6.09 Å². The summed E-state index contributed by atoms with van der Waals surface area (Å²) >= 11 is 0. The van der Waals surface area contributed by atoms with Crippen molar-refractivity contribution in [3.63, 3.8) is 0 Å². The topological polar surface area (TPSA) is 38.8 Å². The third kappa shape index (κ3) is 10.4. The van der Waals surface area contributed by atoms with Gasteiger partial charge in [-0.05, 0) is 18.9 Å². The van der Waals surface area contributed by atoms with Crippen LogP contribution >= 0.6 is 0 Å². The van der Waals surface area contributed by atoms with Crippen LogP contribution in [0.5, 0.6) is 0 Å². The predicted molar refractivity (Wildman–Crippen MR) is 133 cm³/mol. The molecule has 182 valence electrons. The Morgan fingerprint density at radius 2 is 1.41 bits per heavy atom. The van der Waals surface area contributed by atoms with Gasteiger partial charge in [0, 0.05) is 6.61 Å². The molecule has 1 fully saturated rings. The summed E-state index contributed by atoms with van der Waals surface area (Å²) in [6.07, 6.45) is 18.9. The molecular weight excluding hydrogens is 398 g/mol. The number of ether oxygens (including phenoxy) is 2. The molecule has 0 aromatic heterocycles. The fourth-order valence-corrected chi connectivity index (χ4v) is 4.58. The van der Waals surface area contributed by atoms with E-state index in [1.54, 1.807) is 0 Å². The van der Waals surface area contributed by atoms with Crippen LogP contribution in [-0.4, -0.2) is 36.9 Å². The minimum absolute atomic E-state index is 0.000794. The van der Waals surface area contributed by atoms with Crippen molar-refractivity contribution in [2.45, 2.75) is 116 Å². The van der Waals surface area contributed by atoms with Crippen LogP contribution in [0.25, 0.3) is 0 Å². The summed E-state index contributed by atoms with van der Waals surface area (Å²) in [5.41, 5.74) is 1.13. The second-order valence-electron chi connectivity index (χ2n) is 9.40. The number of benzene rings is 1. The lowest BCUT2D eigenvalue weighted by Gasteiger charge is -2.28. The molecule has 0 N–H and O–H groups in total. The quantitative estimate of drug-likeness (QED) is 0.202. The van der Waals surface area contributed by atoms with E-state index in [4.69, 9.17) is 9.47 Å². The Morgan fingerprint density at radius 1 is 0.875 bits per heavy atom. The maximum atomic E-state index is 12.2. The van der Waals surface area contributed by atoms with E-state index in [1.807, 2.05) is 23.1 Å². The van der Waals surface area contributed by atoms with Crippen LogP contribution < -0.4 is 0 Å². The van der Waals surface area contributed by atoms with E-state index in [1.165, 1.54) is 83.5 Å². The number of carbonyl (C=O) groups is 1. The minimum Gasteiger partial charge on any atom is -0.447 e. The summed E-state index contributed by atoms with van der Waals surface area (Å²) in [6.45, 7) is 6.10. The molecule has 1 heterocycles. The molecule has 2 atom stereocenters. The number of hydrogen-bond acceptors (Lipinski definition) is 3. The molecule has 1 amide bonds. The minimum atomic E-state index is -0.230. The van der Waals surface area contributed by atoms with Gasteiger partial charge in [-0.15, -0.1) is 0 Å². The Kier molecular flexibility index (Phi) is 14.2. The number of carbonyl (C=O) groups excluding carboxylic acids is 1. The van der Waals surface area contributed by atoms with Crippen LogP contribution in [0.15, 0.2) is 30.3 Å². The van der Waals surface area contributed by atoms with E-state index in [9.17, 15) is 4.79 Å². The third-order valence-corrected chi connectivity index (χ3v) is 6.66. The molecule has 4 nitrogen and oxygen atoms in total. The normalized spacial score (nSPS) is 17.0. The first-order valence-electron chi connectivity index (χ1n) is 13.3. The van der Waals surface area contributed by atoms with E-state index < -0.39 is 0 Å². The Labute approximate surface area is 197 Å². The van der Waals surface area contributed by atoms with Crippen LogP contribution in [0.2, 0.25) is 0 Å². The van der Waals surface area contributed by atoms with E-state index in [0.29, 0.717) is 13.2 Å². The SMILES string of the molecule is CCCCCCCCCCCCCCCCOC[C@@H]1COC(=O)N1[C@H](C)c1ccccc1. The van der Waals surface area contributed by atoms with E-state index in [2.05, 4.69) is 26.0 Å². The molecule has 2 rings (SSSR count). The molecule has 4 heteroatoms. The van der Waals surface area contributed by atoms with Crippen LogP contribution in [-0.2, 0) is 9.47 Å². The summed E-state index contributed by atoms with van der Waals surface area (Å²) in [5, 5.41) is 0. The van der Waals surface area contributed by atoms with Crippen molar-refractivity contribution in [3.8, 4) is 0 Å². The number of rotatable bonds is 19. The Balaban J connectivity index is 1.43. The number of cyclic esters (lactones) is 1. The number of nitrogens with zero attached hydrogens (tertiary/aromatic N) is 1. The largest absolute Gasteiger partial charge is 0.447 e. The van der Waals surface area contributed by atoms with Crippen molar-refractivity contribution in [2.24, 2.45) is 0 Å². The van der Waals surface area contributed by atoms with Gasteiger partial charge < -0.3 is 9.47 Å². The maximum Gasteiger partial charge on any atom is 0.410 e. The van der Waals surface area contributed by atoms with Crippen LogP contribution in [0.1, 0.15) is 115 Å². The van der Waals surface area contributed by atoms with Crippen LogP contribution in [0, 0.1) is 0 Å². The predicted octanol–water partition coefficient (Wildman–Crippen LogP) is 8.07. The second kappa shape index (κ2) is 17.0. The van der Waals surface area contributed by atoms with Crippen molar-refractivity contribution in [2.75, 3.05) is 19.8 Å². The van der Waals surface area contributed by atoms with Crippen molar-refractivity contribution >= 4 is 6.09 Å². The van der Waals surface area contributed by atoms with Crippen molar-refractivity contribution in [3.05, 3.63) is 35.9 Å². The molecule has 1 saturated heterocycles. The van der Waals surface area contributed by atoms with Gasteiger partial charge in [-0.2, -0.15) is 0 Å². The van der Waals surface area contributed by atoms with Crippen LogP contribution in [0.4, 0.5) is 4.79 Å². The molecule has 1 aliphatic heterocycles. The fourth-order valence-electron chi connectivity index (χ4n) is 4.58. The summed E-state index contributed by atoms with van der Waals surface area (Å²) in [5.74, 6) is 0. The summed E-state index contributed by atoms with van der Waals surface area (Å²) in [4.78, 5) is 14.1. The van der Waals surface area contributed by atoms with Crippen molar-refractivity contribution < 1.29 is 14.3 Å². The highest BCUT2D eigenvalue weighted by molar-refractivity contribution is 5.70. The molecule has 0 radical (unpaired) electrons. The average Bonchev–Trinajstić information content (AvgIpc) is 3.19. The summed E-state index contributed by atoms with van der Waals surface area (Å²) in [6, 6.07) is 10.1. The Bertz CT molecular complexity index is 592. The Hall–Kier alpha value is -1.55. The van der Waals surface area contributed by atoms with E-state index in [-0.39, 0.29) is 18.2 Å². The van der Waals surface area contributed by atoms with Gasteiger partial charge in [0.25, 0.3) is 0 Å². The van der Waals surface area contributed by atoms with Gasteiger partial charge in [0.2, 0.25) is 0 Å². The first-order valence-corrected chi connectivity index (χ1v) is 13.3. The second-order valence-corrected chi connectivity index (χ2v) is 9.40. The lowest BCUT2D eigenvalue weighted by molar-refractivity contribution is 0.0736. The molecule has 0 saturated carbocycles. The molecule has 0 spiro atoms. The molecule has 32 heavy (non-hydrogen) atoms. The highest BCUT2D eigenvalue weighted by atomic mass is 16.6. The lowest BCUT2D eigenvalue weighted by Crippen LogP contribution is -2.38. The van der Waals surface area contributed by atoms with Gasteiger partial charge in [0.05, 0.1) is 18.7 Å².